The predicted molar refractivity (Wildman–Crippen MR) is 67.6 cm³/mol. The molecule has 0 aromatic rings. The molecule has 100 valence electrons. The third-order valence-corrected chi connectivity index (χ3v) is 3.27. The maximum absolute atomic E-state index is 11.6. The number of aliphatic hydroxyl groups is 1. The molecular formula is C12H25N3O2. The molecule has 0 saturated carbocycles. The molecule has 0 aromatic heterocycles. The smallest absolute Gasteiger partial charge is 0.234 e. The number of nitrogens with zero attached hydrogens (tertiary/aromatic N) is 1. The lowest BCUT2D eigenvalue weighted by molar-refractivity contribution is -0.122. The molecule has 1 saturated heterocycles. The van der Waals surface area contributed by atoms with Gasteiger partial charge in [0.2, 0.25) is 5.91 Å². The van der Waals surface area contributed by atoms with Gasteiger partial charge in [-0.25, -0.2) is 0 Å². The summed E-state index contributed by atoms with van der Waals surface area (Å²) in [6.45, 7) is 4.76. The first-order valence-corrected chi connectivity index (χ1v) is 6.54. The van der Waals surface area contributed by atoms with Crippen LogP contribution in [0.1, 0.15) is 32.6 Å². The van der Waals surface area contributed by atoms with Gasteiger partial charge in [-0.1, -0.05) is 6.92 Å². The van der Waals surface area contributed by atoms with Crippen molar-refractivity contribution in [2.24, 2.45) is 5.73 Å². The molecule has 0 aliphatic carbocycles. The number of nitrogens with one attached hydrogen (secondary N) is 1. The van der Waals surface area contributed by atoms with Crippen LogP contribution in [0.5, 0.6) is 0 Å². The molecule has 0 aromatic carbocycles. The lowest BCUT2D eigenvalue weighted by Gasteiger charge is -2.29. The summed E-state index contributed by atoms with van der Waals surface area (Å²) in [6.07, 6.45) is 3.01. The number of hydrogen-bond donors (Lipinski definition) is 3. The zero-order valence-electron chi connectivity index (χ0n) is 10.7. The number of rotatable bonds is 6. The van der Waals surface area contributed by atoms with E-state index in [2.05, 4.69) is 10.2 Å². The average molecular weight is 243 g/mol. The molecule has 1 aliphatic heterocycles. The Morgan fingerprint density at radius 2 is 2.18 bits per heavy atom. The highest BCUT2D eigenvalue weighted by atomic mass is 16.3. The van der Waals surface area contributed by atoms with Gasteiger partial charge < -0.3 is 16.2 Å². The van der Waals surface area contributed by atoms with E-state index in [-0.39, 0.29) is 12.0 Å². The van der Waals surface area contributed by atoms with Crippen LogP contribution in [0.3, 0.4) is 0 Å². The van der Waals surface area contributed by atoms with Crippen molar-refractivity contribution in [2.75, 3.05) is 26.2 Å². The molecule has 1 unspecified atom stereocenters. The molecule has 0 spiro atoms. The zero-order chi connectivity index (χ0) is 12.7. The number of carbonyl (C=O) groups is 1. The summed E-state index contributed by atoms with van der Waals surface area (Å²) >= 11 is 0. The van der Waals surface area contributed by atoms with Gasteiger partial charge in [0, 0.05) is 25.7 Å². The van der Waals surface area contributed by atoms with E-state index in [1.165, 1.54) is 0 Å². The van der Waals surface area contributed by atoms with Crippen molar-refractivity contribution in [1.29, 1.82) is 0 Å². The summed E-state index contributed by atoms with van der Waals surface area (Å²) in [6, 6.07) is 0.300. The molecule has 1 atom stereocenters. The Balaban J connectivity index is 2.08. The number of likely N-dealkylation sites (tertiary alicyclic amines) is 1. The molecule has 0 radical (unpaired) electrons. The Kier molecular flexibility index (Phi) is 6.47. The van der Waals surface area contributed by atoms with Crippen LogP contribution in [0.2, 0.25) is 0 Å². The Hall–Kier alpha value is -0.650. The number of aliphatic hydroxyl groups excluding tert-OH is 1. The maximum atomic E-state index is 11.6. The normalized spacial score (nSPS) is 20.2. The predicted octanol–water partition coefficient (Wildman–Crippen LogP) is -0.313. The summed E-state index contributed by atoms with van der Waals surface area (Å²) in [7, 11) is 0. The van der Waals surface area contributed by atoms with Gasteiger partial charge in [0.15, 0.2) is 0 Å². The molecule has 17 heavy (non-hydrogen) atoms. The van der Waals surface area contributed by atoms with Gasteiger partial charge in [-0.2, -0.15) is 0 Å². The summed E-state index contributed by atoms with van der Waals surface area (Å²) < 4.78 is 0. The topological polar surface area (TPSA) is 78.6 Å². The quantitative estimate of drug-likeness (QED) is 0.598. The van der Waals surface area contributed by atoms with Crippen LogP contribution in [0, 0.1) is 0 Å². The van der Waals surface area contributed by atoms with E-state index in [9.17, 15) is 9.90 Å². The van der Waals surface area contributed by atoms with Gasteiger partial charge in [-0.15, -0.1) is 0 Å². The molecule has 1 fully saturated rings. The van der Waals surface area contributed by atoms with Crippen LogP contribution in [0.25, 0.3) is 0 Å². The van der Waals surface area contributed by atoms with E-state index in [1.807, 2.05) is 6.92 Å². The van der Waals surface area contributed by atoms with Crippen LogP contribution in [-0.4, -0.2) is 54.2 Å². The number of hydrogen-bond acceptors (Lipinski definition) is 4. The summed E-state index contributed by atoms with van der Waals surface area (Å²) in [4.78, 5) is 13.7. The van der Waals surface area contributed by atoms with Crippen molar-refractivity contribution >= 4 is 5.91 Å². The first-order chi connectivity index (χ1) is 8.11. The molecule has 1 aliphatic rings. The number of amides is 1. The molecule has 1 heterocycles. The van der Waals surface area contributed by atoms with Crippen LogP contribution >= 0.6 is 0 Å². The Bertz CT molecular complexity index is 228. The van der Waals surface area contributed by atoms with Crippen molar-refractivity contribution in [1.82, 2.24) is 10.2 Å². The van der Waals surface area contributed by atoms with Gasteiger partial charge in [-0.3, -0.25) is 9.69 Å². The maximum Gasteiger partial charge on any atom is 0.234 e. The Labute approximate surface area is 103 Å². The molecule has 1 rings (SSSR count). The van der Waals surface area contributed by atoms with Gasteiger partial charge in [0.1, 0.15) is 0 Å². The standard InChI is InChI=1S/C12H25N3O2/c1-2-11(16)3-6-14-12(17)9-15-7-4-10(13)5-8-15/h10-11,16H,2-9,13H2,1H3,(H,14,17). The fourth-order valence-electron chi connectivity index (χ4n) is 1.95. The van der Waals surface area contributed by atoms with Gasteiger partial charge in [0.25, 0.3) is 0 Å². The molecule has 4 N–H and O–H groups in total. The van der Waals surface area contributed by atoms with Crippen LogP contribution < -0.4 is 11.1 Å². The highest BCUT2D eigenvalue weighted by Gasteiger charge is 2.17. The minimum Gasteiger partial charge on any atom is -0.393 e. The highest BCUT2D eigenvalue weighted by molar-refractivity contribution is 5.77. The fourth-order valence-corrected chi connectivity index (χ4v) is 1.95. The van der Waals surface area contributed by atoms with Crippen molar-refractivity contribution in [3.05, 3.63) is 0 Å². The molecule has 5 nitrogen and oxygen atoms in total. The lowest BCUT2D eigenvalue weighted by atomic mass is 10.1. The number of piperidine rings is 1. The fraction of sp³-hybridized carbons (Fsp3) is 0.917. The summed E-state index contributed by atoms with van der Waals surface area (Å²) in [5.41, 5.74) is 5.80. The average Bonchev–Trinajstić information content (AvgIpc) is 2.32. The van der Waals surface area contributed by atoms with Crippen molar-refractivity contribution in [3.63, 3.8) is 0 Å². The minimum atomic E-state index is -0.303. The van der Waals surface area contributed by atoms with Gasteiger partial charge >= 0.3 is 0 Å². The summed E-state index contributed by atoms with van der Waals surface area (Å²) in [5.74, 6) is 0.0452. The van der Waals surface area contributed by atoms with Gasteiger partial charge in [0.05, 0.1) is 12.6 Å². The van der Waals surface area contributed by atoms with E-state index < -0.39 is 0 Å². The molecular weight excluding hydrogens is 218 g/mol. The number of nitrogens with two attached hydrogens (primary N) is 1. The third-order valence-electron chi connectivity index (χ3n) is 3.27. The Morgan fingerprint density at radius 1 is 1.53 bits per heavy atom. The first kappa shape index (κ1) is 14.4. The molecule has 0 bridgehead atoms. The number of carbonyl (C=O) groups excluding carboxylic acids is 1. The van der Waals surface area contributed by atoms with Crippen LogP contribution in [0.15, 0.2) is 0 Å². The van der Waals surface area contributed by atoms with E-state index in [4.69, 9.17) is 5.73 Å². The van der Waals surface area contributed by atoms with E-state index in [1.54, 1.807) is 0 Å². The van der Waals surface area contributed by atoms with E-state index in [0.29, 0.717) is 25.6 Å². The van der Waals surface area contributed by atoms with Crippen LogP contribution in [-0.2, 0) is 4.79 Å². The second-order valence-electron chi connectivity index (χ2n) is 4.81. The monoisotopic (exact) mass is 243 g/mol. The minimum absolute atomic E-state index is 0.0452. The largest absolute Gasteiger partial charge is 0.393 e. The lowest BCUT2D eigenvalue weighted by Crippen LogP contribution is -2.44. The highest BCUT2D eigenvalue weighted by Crippen LogP contribution is 2.07. The molecule has 1 amide bonds. The van der Waals surface area contributed by atoms with E-state index in [0.717, 1.165) is 32.4 Å². The van der Waals surface area contributed by atoms with Crippen molar-refractivity contribution in [3.8, 4) is 0 Å². The van der Waals surface area contributed by atoms with Crippen molar-refractivity contribution in [2.45, 2.75) is 44.8 Å². The molecule has 5 heteroatoms. The van der Waals surface area contributed by atoms with Crippen LogP contribution in [0.4, 0.5) is 0 Å². The second kappa shape index (κ2) is 7.63. The van der Waals surface area contributed by atoms with Gasteiger partial charge in [-0.05, 0) is 25.7 Å². The SMILES string of the molecule is CCC(O)CCNC(=O)CN1CCC(N)CC1. The Morgan fingerprint density at radius 3 is 2.76 bits per heavy atom. The third kappa shape index (κ3) is 6.00. The second-order valence-corrected chi connectivity index (χ2v) is 4.81. The van der Waals surface area contributed by atoms with E-state index >= 15 is 0 Å². The summed E-state index contributed by atoms with van der Waals surface area (Å²) in [5, 5.41) is 12.2. The van der Waals surface area contributed by atoms with Crippen molar-refractivity contribution < 1.29 is 9.90 Å². The zero-order valence-corrected chi connectivity index (χ0v) is 10.7. The first-order valence-electron chi connectivity index (χ1n) is 6.54.